The number of hydrogen-bond donors (Lipinski definition) is 1. The summed E-state index contributed by atoms with van der Waals surface area (Å²) in [6.45, 7) is 7.21. The van der Waals surface area contributed by atoms with Crippen LogP contribution >= 0.6 is 0 Å². The van der Waals surface area contributed by atoms with Gasteiger partial charge in [0.25, 0.3) is 0 Å². The molecule has 25 heavy (non-hydrogen) atoms. The molecule has 1 aliphatic rings. The first-order valence-corrected chi connectivity index (χ1v) is 8.92. The highest BCUT2D eigenvalue weighted by Crippen LogP contribution is 2.39. The molecule has 0 unspecified atom stereocenters. The van der Waals surface area contributed by atoms with Gasteiger partial charge in [-0.25, -0.2) is 4.79 Å². The van der Waals surface area contributed by atoms with Gasteiger partial charge in [-0.3, -0.25) is 9.59 Å². The third-order valence-corrected chi connectivity index (χ3v) is 4.34. The second kappa shape index (κ2) is 9.63. The highest BCUT2D eigenvalue weighted by atomic mass is 16.7. The van der Waals surface area contributed by atoms with Crippen LogP contribution in [0.3, 0.4) is 0 Å². The average molecular weight is 357 g/mol. The van der Waals surface area contributed by atoms with Gasteiger partial charge in [0, 0.05) is 6.54 Å². The van der Waals surface area contributed by atoms with Crippen molar-refractivity contribution in [1.82, 2.24) is 5.32 Å². The van der Waals surface area contributed by atoms with Gasteiger partial charge in [0.15, 0.2) is 0 Å². The van der Waals surface area contributed by atoms with Crippen molar-refractivity contribution in [1.29, 1.82) is 0 Å². The molecule has 1 amide bonds. The molecule has 144 valence electrons. The summed E-state index contributed by atoms with van der Waals surface area (Å²) in [7, 11) is 0. The van der Waals surface area contributed by atoms with E-state index in [-0.39, 0.29) is 11.4 Å². The Morgan fingerprint density at radius 1 is 1.00 bits per heavy atom. The van der Waals surface area contributed by atoms with Crippen LogP contribution < -0.4 is 5.32 Å². The standard InChI is InChI=1S/C18H31NO6/c1-5-23-14(20)11-18(9-7-6-8-10-18)12-19-16(22)25-13-24-15(21)17(2,3)4/h5-13H2,1-4H3,(H,19,22). The third kappa shape index (κ3) is 7.75. The molecular weight excluding hydrogens is 326 g/mol. The highest BCUT2D eigenvalue weighted by Gasteiger charge is 2.35. The molecule has 0 aromatic heterocycles. The fourth-order valence-electron chi connectivity index (χ4n) is 2.90. The van der Waals surface area contributed by atoms with E-state index in [9.17, 15) is 14.4 Å². The SMILES string of the molecule is CCOC(=O)CC1(CNC(=O)OCOC(=O)C(C)(C)C)CCCCC1. The van der Waals surface area contributed by atoms with E-state index in [4.69, 9.17) is 14.2 Å². The molecule has 1 aliphatic carbocycles. The molecule has 0 radical (unpaired) electrons. The van der Waals surface area contributed by atoms with Crippen molar-refractivity contribution in [3.8, 4) is 0 Å². The van der Waals surface area contributed by atoms with Gasteiger partial charge in [-0.15, -0.1) is 0 Å². The fourth-order valence-corrected chi connectivity index (χ4v) is 2.90. The van der Waals surface area contributed by atoms with Crippen molar-refractivity contribution in [3.05, 3.63) is 0 Å². The summed E-state index contributed by atoms with van der Waals surface area (Å²) in [4.78, 5) is 35.3. The monoisotopic (exact) mass is 357 g/mol. The van der Waals surface area contributed by atoms with Crippen molar-refractivity contribution in [2.45, 2.75) is 66.2 Å². The Hall–Kier alpha value is -1.79. The number of alkyl carbamates (subject to hydrolysis) is 1. The van der Waals surface area contributed by atoms with E-state index in [1.165, 1.54) is 0 Å². The molecule has 0 aromatic rings. The van der Waals surface area contributed by atoms with Crippen LogP contribution in [0.2, 0.25) is 0 Å². The maximum absolute atomic E-state index is 11.9. The summed E-state index contributed by atoms with van der Waals surface area (Å²) in [5.74, 6) is -0.676. The lowest BCUT2D eigenvalue weighted by atomic mass is 9.72. The number of rotatable bonds is 7. The third-order valence-electron chi connectivity index (χ3n) is 4.34. The molecule has 1 N–H and O–H groups in total. The second-order valence-electron chi connectivity index (χ2n) is 7.63. The minimum Gasteiger partial charge on any atom is -0.466 e. The molecule has 7 nitrogen and oxygen atoms in total. The first-order valence-electron chi connectivity index (χ1n) is 8.92. The summed E-state index contributed by atoms with van der Waals surface area (Å²) in [6, 6.07) is 0. The number of ether oxygens (including phenoxy) is 3. The highest BCUT2D eigenvalue weighted by molar-refractivity contribution is 5.75. The maximum atomic E-state index is 11.9. The van der Waals surface area contributed by atoms with Gasteiger partial charge in [-0.05, 0) is 46.0 Å². The Morgan fingerprint density at radius 3 is 2.20 bits per heavy atom. The lowest BCUT2D eigenvalue weighted by Crippen LogP contribution is -2.41. The van der Waals surface area contributed by atoms with E-state index >= 15 is 0 Å². The van der Waals surface area contributed by atoms with E-state index in [1.807, 2.05) is 0 Å². The molecule has 0 aliphatic heterocycles. The number of nitrogens with one attached hydrogen (secondary N) is 1. The predicted molar refractivity (Wildman–Crippen MR) is 91.7 cm³/mol. The summed E-state index contributed by atoms with van der Waals surface area (Å²) in [5.41, 5.74) is -0.933. The van der Waals surface area contributed by atoms with E-state index in [1.54, 1.807) is 27.7 Å². The summed E-state index contributed by atoms with van der Waals surface area (Å²) < 4.78 is 14.8. The molecule has 0 spiro atoms. The van der Waals surface area contributed by atoms with Crippen LogP contribution in [0, 0.1) is 10.8 Å². The molecule has 0 aromatic carbocycles. The van der Waals surface area contributed by atoms with Crippen LogP contribution in [0.4, 0.5) is 4.79 Å². The van der Waals surface area contributed by atoms with Crippen molar-refractivity contribution < 1.29 is 28.6 Å². The van der Waals surface area contributed by atoms with E-state index in [0.29, 0.717) is 19.6 Å². The number of esters is 2. The first kappa shape index (κ1) is 21.3. The van der Waals surface area contributed by atoms with Crippen LogP contribution in [0.1, 0.15) is 66.2 Å². The fraction of sp³-hybridized carbons (Fsp3) is 0.833. The van der Waals surface area contributed by atoms with Gasteiger partial charge in [-0.2, -0.15) is 0 Å². The number of hydrogen-bond acceptors (Lipinski definition) is 6. The first-order chi connectivity index (χ1) is 11.7. The van der Waals surface area contributed by atoms with E-state index in [0.717, 1.165) is 32.1 Å². The zero-order valence-electron chi connectivity index (χ0n) is 15.8. The zero-order valence-corrected chi connectivity index (χ0v) is 15.8. The van der Waals surface area contributed by atoms with Gasteiger partial charge in [-0.1, -0.05) is 19.3 Å². The zero-order chi connectivity index (χ0) is 18.9. The molecule has 1 rings (SSSR count). The molecular formula is C18H31NO6. The van der Waals surface area contributed by atoms with Crippen LogP contribution in [-0.4, -0.2) is 38.0 Å². The number of carbonyl (C=O) groups excluding carboxylic acids is 3. The molecule has 1 saturated carbocycles. The van der Waals surface area contributed by atoms with Crippen molar-refractivity contribution in [2.75, 3.05) is 19.9 Å². The number of amides is 1. The number of carbonyl (C=O) groups is 3. The van der Waals surface area contributed by atoms with E-state index < -0.39 is 24.3 Å². The van der Waals surface area contributed by atoms with Crippen molar-refractivity contribution in [2.24, 2.45) is 10.8 Å². The minimum absolute atomic E-state index is 0.237. The summed E-state index contributed by atoms with van der Waals surface area (Å²) in [5, 5.41) is 2.69. The summed E-state index contributed by atoms with van der Waals surface area (Å²) >= 11 is 0. The maximum Gasteiger partial charge on any atom is 0.410 e. The lowest BCUT2D eigenvalue weighted by molar-refractivity contribution is -0.161. The molecule has 0 atom stereocenters. The quantitative estimate of drug-likeness (QED) is 0.556. The van der Waals surface area contributed by atoms with Gasteiger partial charge in [0.05, 0.1) is 18.4 Å². The second-order valence-corrected chi connectivity index (χ2v) is 7.63. The smallest absolute Gasteiger partial charge is 0.410 e. The van der Waals surface area contributed by atoms with Crippen molar-refractivity contribution in [3.63, 3.8) is 0 Å². The van der Waals surface area contributed by atoms with Crippen LogP contribution in [-0.2, 0) is 23.8 Å². The normalized spacial score (nSPS) is 16.6. The predicted octanol–water partition coefficient (Wildman–Crippen LogP) is 3.16. The molecule has 0 bridgehead atoms. The van der Waals surface area contributed by atoms with Gasteiger partial charge in [0.1, 0.15) is 0 Å². The Balaban J connectivity index is 2.43. The van der Waals surface area contributed by atoms with Crippen LogP contribution in [0.15, 0.2) is 0 Å². The lowest BCUT2D eigenvalue weighted by Gasteiger charge is -2.36. The largest absolute Gasteiger partial charge is 0.466 e. The Bertz CT molecular complexity index is 463. The molecule has 1 fully saturated rings. The molecule has 0 heterocycles. The van der Waals surface area contributed by atoms with Gasteiger partial charge in [0.2, 0.25) is 6.79 Å². The average Bonchev–Trinajstić information content (AvgIpc) is 2.53. The van der Waals surface area contributed by atoms with Gasteiger partial charge >= 0.3 is 18.0 Å². The Labute approximate surface area is 149 Å². The molecule has 0 saturated heterocycles. The van der Waals surface area contributed by atoms with Crippen molar-refractivity contribution >= 4 is 18.0 Å². The summed E-state index contributed by atoms with van der Waals surface area (Å²) in [6.07, 6.45) is 4.56. The van der Waals surface area contributed by atoms with Crippen LogP contribution in [0.25, 0.3) is 0 Å². The molecule has 7 heteroatoms. The Kier molecular flexibility index (Phi) is 8.19. The van der Waals surface area contributed by atoms with E-state index in [2.05, 4.69) is 5.32 Å². The minimum atomic E-state index is -0.657. The van der Waals surface area contributed by atoms with Crippen LogP contribution in [0.5, 0.6) is 0 Å². The Morgan fingerprint density at radius 2 is 1.64 bits per heavy atom. The van der Waals surface area contributed by atoms with Gasteiger partial charge < -0.3 is 19.5 Å². The topological polar surface area (TPSA) is 90.9 Å².